The first-order valence-electron chi connectivity index (χ1n) is 7.73. The summed E-state index contributed by atoms with van der Waals surface area (Å²) in [5.74, 6) is 0.423. The molecular formula is C18H17N3O4S. The standard InChI is InChI=1S/C18H17N3O4S/c1-12-7-8-13(14-9-10-18(22)20-19-14)11-17(12)26(23,24)21-15-5-3-4-6-16(15)25-2/h3-11,21H,1-2H3,(H,20,22). The number of rotatable bonds is 5. The number of sulfonamides is 1. The van der Waals surface area contributed by atoms with E-state index in [0.29, 0.717) is 28.3 Å². The number of methoxy groups -OCH3 is 1. The molecule has 0 bridgehead atoms. The topological polar surface area (TPSA) is 101 Å². The normalized spacial score (nSPS) is 11.2. The van der Waals surface area contributed by atoms with Gasteiger partial charge in [0, 0.05) is 11.6 Å². The molecule has 0 spiro atoms. The predicted molar refractivity (Wildman–Crippen MR) is 98.8 cm³/mol. The minimum Gasteiger partial charge on any atom is -0.495 e. The van der Waals surface area contributed by atoms with Crippen molar-refractivity contribution in [2.45, 2.75) is 11.8 Å². The summed E-state index contributed by atoms with van der Waals surface area (Å²) in [5.41, 5.74) is 1.65. The van der Waals surface area contributed by atoms with Crippen molar-refractivity contribution in [1.82, 2.24) is 10.2 Å². The van der Waals surface area contributed by atoms with Crippen LogP contribution in [0, 0.1) is 6.92 Å². The van der Waals surface area contributed by atoms with Crippen molar-refractivity contribution < 1.29 is 13.2 Å². The highest BCUT2D eigenvalue weighted by Crippen LogP contribution is 2.29. The fourth-order valence-electron chi connectivity index (χ4n) is 2.48. The van der Waals surface area contributed by atoms with Crippen molar-refractivity contribution in [1.29, 1.82) is 0 Å². The van der Waals surface area contributed by atoms with Gasteiger partial charge in [-0.15, -0.1) is 0 Å². The van der Waals surface area contributed by atoms with E-state index in [9.17, 15) is 13.2 Å². The Kier molecular flexibility index (Phi) is 4.77. The number of para-hydroxylation sites is 2. The maximum atomic E-state index is 12.9. The first-order chi connectivity index (χ1) is 12.4. The van der Waals surface area contributed by atoms with Gasteiger partial charge >= 0.3 is 0 Å². The third kappa shape index (κ3) is 3.60. The van der Waals surface area contributed by atoms with Gasteiger partial charge in [-0.25, -0.2) is 13.5 Å². The van der Waals surface area contributed by atoms with Crippen LogP contribution in [0.2, 0.25) is 0 Å². The third-order valence-electron chi connectivity index (χ3n) is 3.80. The van der Waals surface area contributed by atoms with Crippen LogP contribution in [0.5, 0.6) is 5.75 Å². The van der Waals surface area contributed by atoms with Gasteiger partial charge in [0.05, 0.1) is 23.4 Å². The van der Waals surface area contributed by atoms with E-state index in [1.807, 2.05) is 0 Å². The van der Waals surface area contributed by atoms with E-state index >= 15 is 0 Å². The van der Waals surface area contributed by atoms with Gasteiger partial charge in [0.15, 0.2) is 0 Å². The molecule has 0 radical (unpaired) electrons. The lowest BCUT2D eigenvalue weighted by Crippen LogP contribution is -2.15. The molecular weight excluding hydrogens is 354 g/mol. The number of aromatic amines is 1. The van der Waals surface area contributed by atoms with Gasteiger partial charge in [-0.2, -0.15) is 5.10 Å². The Balaban J connectivity index is 2.03. The maximum absolute atomic E-state index is 12.9. The number of anilines is 1. The summed E-state index contributed by atoms with van der Waals surface area (Å²) >= 11 is 0. The molecule has 0 saturated heterocycles. The number of aromatic nitrogens is 2. The number of H-pyrrole nitrogens is 1. The van der Waals surface area contributed by atoms with Gasteiger partial charge in [0.2, 0.25) is 0 Å². The summed E-state index contributed by atoms with van der Waals surface area (Å²) in [6.07, 6.45) is 0. The highest BCUT2D eigenvalue weighted by Gasteiger charge is 2.20. The summed E-state index contributed by atoms with van der Waals surface area (Å²) in [7, 11) is -2.37. The predicted octanol–water partition coefficient (Wildman–Crippen LogP) is 2.55. The highest BCUT2D eigenvalue weighted by molar-refractivity contribution is 7.92. The van der Waals surface area contributed by atoms with Gasteiger partial charge in [0.1, 0.15) is 5.75 Å². The highest BCUT2D eigenvalue weighted by atomic mass is 32.2. The van der Waals surface area contributed by atoms with Gasteiger partial charge in [-0.1, -0.05) is 24.3 Å². The molecule has 1 heterocycles. The average Bonchev–Trinajstić information content (AvgIpc) is 2.63. The molecule has 2 aromatic carbocycles. The second-order valence-corrected chi connectivity index (χ2v) is 7.24. The lowest BCUT2D eigenvalue weighted by Gasteiger charge is -2.14. The summed E-state index contributed by atoms with van der Waals surface area (Å²) < 4.78 is 33.5. The third-order valence-corrected chi connectivity index (χ3v) is 5.31. The molecule has 1 aromatic heterocycles. The lowest BCUT2D eigenvalue weighted by atomic mass is 10.1. The van der Waals surface area contributed by atoms with Crippen LogP contribution in [-0.4, -0.2) is 25.7 Å². The van der Waals surface area contributed by atoms with E-state index < -0.39 is 10.0 Å². The fourth-order valence-corrected chi connectivity index (χ4v) is 3.83. The number of hydrogen-bond donors (Lipinski definition) is 2. The van der Waals surface area contributed by atoms with Crippen molar-refractivity contribution in [3.63, 3.8) is 0 Å². The van der Waals surface area contributed by atoms with Gasteiger partial charge < -0.3 is 4.74 Å². The zero-order valence-corrected chi connectivity index (χ0v) is 15.0. The van der Waals surface area contributed by atoms with Crippen molar-refractivity contribution >= 4 is 15.7 Å². The molecule has 7 nitrogen and oxygen atoms in total. The van der Waals surface area contributed by atoms with E-state index in [-0.39, 0.29) is 10.5 Å². The minimum atomic E-state index is -3.84. The Hall–Kier alpha value is -3.13. The fraction of sp³-hybridized carbons (Fsp3) is 0.111. The van der Waals surface area contributed by atoms with Crippen LogP contribution in [-0.2, 0) is 10.0 Å². The molecule has 26 heavy (non-hydrogen) atoms. The Labute approximate surface area is 150 Å². The van der Waals surface area contributed by atoms with E-state index in [1.54, 1.807) is 43.3 Å². The second-order valence-electron chi connectivity index (χ2n) is 5.59. The lowest BCUT2D eigenvalue weighted by molar-refractivity contribution is 0.417. The Morgan fingerprint density at radius 1 is 1.08 bits per heavy atom. The molecule has 0 saturated carbocycles. The van der Waals surface area contributed by atoms with Gasteiger partial charge in [-0.3, -0.25) is 9.52 Å². The summed E-state index contributed by atoms with van der Waals surface area (Å²) in [6, 6.07) is 14.6. The number of ether oxygens (including phenoxy) is 1. The summed E-state index contributed by atoms with van der Waals surface area (Å²) in [6.45, 7) is 1.71. The van der Waals surface area contributed by atoms with Crippen molar-refractivity contribution in [2.75, 3.05) is 11.8 Å². The number of nitrogens with zero attached hydrogens (tertiary/aromatic N) is 1. The zero-order chi connectivity index (χ0) is 18.7. The van der Waals surface area contributed by atoms with E-state index in [1.165, 1.54) is 25.3 Å². The van der Waals surface area contributed by atoms with Crippen LogP contribution < -0.4 is 15.0 Å². The maximum Gasteiger partial charge on any atom is 0.264 e. The Morgan fingerprint density at radius 2 is 1.85 bits per heavy atom. The molecule has 0 aliphatic carbocycles. The van der Waals surface area contributed by atoms with Crippen LogP contribution in [0.1, 0.15) is 5.56 Å². The molecule has 0 amide bonds. The second kappa shape index (κ2) is 7.01. The molecule has 3 rings (SSSR count). The number of benzene rings is 2. The minimum absolute atomic E-state index is 0.119. The van der Waals surface area contributed by atoms with E-state index in [0.717, 1.165) is 0 Å². The van der Waals surface area contributed by atoms with Crippen LogP contribution >= 0.6 is 0 Å². The van der Waals surface area contributed by atoms with Crippen molar-refractivity contribution in [3.05, 3.63) is 70.5 Å². The largest absolute Gasteiger partial charge is 0.495 e. The summed E-state index contributed by atoms with van der Waals surface area (Å²) in [4.78, 5) is 11.3. The molecule has 0 atom stereocenters. The van der Waals surface area contributed by atoms with Crippen LogP contribution in [0.3, 0.4) is 0 Å². The Morgan fingerprint density at radius 3 is 2.54 bits per heavy atom. The Bertz CT molecular complexity index is 1090. The SMILES string of the molecule is COc1ccccc1NS(=O)(=O)c1cc(-c2ccc(=O)[nH]n2)ccc1C. The molecule has 0 aliphatic heterocycles. The van der Waals surface area contributed by atoms with E-state index in [2.05, 4.69) is 14.9 Å². The van der Waals surface area contributed by atoms with Crippen LogP contribution in [0.15, 0.2) is 64.3 Å². The summed E-state index contributed by atoms with van der Waals surface area (Å²) in [5, 5.41) is 6.28. The number of nitrogens with one attached hydrogen (secondary N) is 2. The monoisotopic (exact) mass is 371 g/mol. The first kappa shape index (κ1) is 17.7. The van der Waals surface area contributed by atoms with Crippen LogP contribution in [0.25, 0.3) is 11.3 Å². The number of aryl methyl sites for hydroxylation is 1. The molecule has 0 unspecified atom stereocenters. The molecule has 0 fully saturated rings. The van der Waals surface area contributed by atoms with Gasteiger partial charge in [0.25, 0.3) is 15.6 Å². The average molecular weight is 371 g/mol. The molecule has 8 heteroatoms. The number of hydrogen-bond acceptors (Lipinski definition) is 5. The van der Waals surface area contributed by atoms with E-state index in [4.69, 9.17) is 4.74 Å². The smallest absolute Gasteiger partial charge is 0.264 e. The molecule has 3 aromatic rings. The zero-order valence-electron chi connectivity index (χ0n) is 14.2. The van der Waals surface area contributed by atoms with Crippen molar-refractivity contribution in [2.24, 2.45) is 0 Å². The van der Waals surface area contributed by atoms with Crippen LogP contribution in [0.4, 0.5) is 5.69 Å². The molecule has 0 aliphatic rings. The quantitative estimate of drug-likeness (QED) is 0.718. The first-order valence-corrected chi connectivity index (χ1v) is 9.21. The van der Waals surface area contributed by atoms with Crippen molar-refractivity contribution in [3.8, 4) is 17.0 Å². The molecule has 134 valence electrons. The molecule has 2 N–H and O–H groups in total. The van der Waals surface area contributed by atoms with Gasteiger partial charge in [-0.05, 0) is 36.8 Å².